The number of thiazole rings is 2. The van der Waals surface area contributed by atoms with Crippen molar-refractivity contribution in [3.05, 3.63) is 34.5 Å². The molecule has 8 heteroatoms. The first kappa shape index (κ1) is 20.8. The van der Waals surface area contributed by atoms with Crippen LogP contribution in [-0.2, 0) is 0 Å². The van der Waals surface area contributed by atoms with E-state index in [1.165, 1.54) is 29.1 Å². The molecule has 0 fully saturated rings. The fourth-order valence-electron chi connectivity index (χ4n) is 2.53. The van der Waals surface area contributed by atoms with Gasteiger partial charge in [0.1, 0.15) is 16.4 Å². The molecule has 1 aromatic carbocycles. The van der Waals surface area contributed by atoms with E-state index in [2.05, 4.69) is 45.4 Å². The number of rotatable bonds is 3. The van der Waals surface area contributed by atoms with Crippen molar-refractivity contribution in [2.75, 3.05) is 24.1 Å². The standard InChI is InChI=1S/C18H16N6S2.C3H8/c1-2-11-4-5-12(13(19)8-11)16-22-14(9-25-16)15-10-26-18(23-15)24-17-20-6-3-7-21-17;1-3-2/h1,4-5,8-10H,3,6-7,19H2,(H2,20,21,23,24);3H2,1-2H3. The van der Waals surface area contributed by atoms with Crippen molar-refractivity contribution in [3.8, 4) is 34.3 Å². The number of nitrogens with two attached hydrogens (primary N) is 1. The van der Waals surface area contributed by atoms with Gasteiger partial charge in [-0.3, -0.25) is 4.99 Å². The van der Waals surface area contributed by atoms with Gasteiger partial charge in [0.05, 0.1) is 0 Å². The average molecular weight is 425 g/mol. The average Bonchev–Trinajstić information content (AvgIpc) is 3.39. The van der Waals surface area contributed by atoms with Crippen molar-refractivity contribution in [1.82, 2.24) is 15.3 Å². The summed E-state index contributed by atoms with van der Waals surface area (Å²) in [6.45, 7) is 6.02. The Labute approximate surface area is 179 Å². The molecule has 4 N–H and O–H groups in total. The first-order valence-electron chi connectivity index (χ1n) is 9.47. The number of aromatic nitrogens is 2. The zero-order chi connectivity index (χ0) is 20.6. The molecule has 0 amide bonds. The molecule has 0 spiro atoms. The van der Waals surface area contributed by atoms with E-state index in [1.807, 2.05) is 22.9 Å². The minimum absolute atomic E-state index is 0.628. The lowest BCUT2D eigenvalue weighted by atomic mass is 10.1. The van der Waals surface area contributed by atoms with E-state index in [0.29, 0.717) is 5.69 Å². The lowest BCUT2D eigenvalue weighted by Gasteiger charge is -2.13. The molecule has 3 heterocycles. The quantitative estimate of drug-likeness (QED) is 0.420. The highest BCUT2D eigenvalue weighted by Gasteiger charge is 2.13. The second kappa shape index (κ2) is 10.0. The predicted octanol–water partition coefficient (Wildman–Crippen LogP) is 4.67. The molecule has 0 saturated heterocycles. The van der Waals surface area contributed by atoms with Crippen LogP contribution in [-0.4, -0.2) is 29.0 Å². The second-order valence-electron chi connectivity index (χ2n) is 6.36. The third-order valence-electron chi connectivity index (χ3n) is 3.84. The highest BCUT2D eigenvalue weighted by atomic mass is 32.1. The number of nitrogens with one attached hydrogen (secondary N) is 2. The van der Waals surface area contributed by atoms with E-state index in [1.54, 1.807) is 6.07 Å². The summed E-state index contributed by atoms with van der Waals surface area (Å²) in [6.07, 6.45) is 7.72. The molecule has 6 nitrogen and oxygen atoms in total. The molecule has 0 aliphatic carbocycles. The van der Waals surface area contributed by atoms with E-state index in [-0.39, 0.29) is 0 Å². The third kappa shape index (κ3) is 5.34. The Balaban J connectivity index is 0.000000755. The van der Waals surface area contributed by atoms with E-state index in [9.17, 15) is 0 Å². The summed E-state index contributed by atoms with van der Waals surface area (Å²) in [7, 11) is 0. The van der Waals surface area contributed by atoms with Crippen molar-refractivity contribution in [2.45, 2.75) is 26.7 Å². The summed E-state index contributed by atoms with van der Waals surface area (Å²) >= 11 is 3.06. The molecular formula is C21H24N6S2. The Bertz CT molecular complexity index is 1030. The molecule has 2 aromatic heterocycles. The SMILES string of the molecule is C#Cc1ccc(-c2nc(-c3csc(NC4=NCCCN4)n3)cs2)c(N)c1.CCC. The number of aliphatic imine (C=N–C) groups is 1. The van der Waals surface area contributed by atoms with Gasteiger partial charge < -0.3 is 16.4 Å². The summed E-state index contributed by atoms with van der Waals surface area (Å²) in [6, 6.07) is 5.57. The Morgan fingerprint density at radius 3 is 2.66 bits per heavy atom. The predicted molar refractivity (Wildman–Crippen MR) is 126 cm³/mol. The van der Waals surface area contributed by atoms with E-state index < -0.39 is 0 Å². The zero-order valence-corrected chi connectivity index (χ0v) is 18.2. The maximum atomic E-state index is 6.11. The lowest BCUT2D eigenvalue weighted by molar-refractivity contribution is 0.740. The van der Waals surface area contributed by atoms with Gasteiger partial charge in [-0.25, -0.2) is 9.97 Å². The van der Waals surface area contributed by atoms with Crippen LogP contribution < -0.4 is 16.4 Å². The van der Waals surface area contributed by atoms with Gasteiger partial charge in [0.2, 0.25) is 0 Å². The minimum atomic E-state index is 0.628. The Hall–Kier alpha value is -2.89. The van der Waals surface area contributed by atoms with Gasteiger partial charge in [-0.1, -0.05) is 26.2 Å². The zero-order valence-electron chi connectivity index (χ0n) is 16.5. The molecule has 0 unspecified atom stereocenters. The topological polar surface area (TPSA) is 88.2 Å². The van der Waals surface area contributed by atoms with Crippen LogP contribution in [0.3, 0.4) is 0 Å². The van der Waals surface area contributed by atoms with Crippen LogP contribution in [0.1, 0.15) is 32.3 Å². The molecule has 0 bridgehead atoms. The van der Waals surface area contributed by atoms with Crippen LogP contribution in [0.25, 0.3) is 22.0 Å². The van der Waals surface area contributed by atoms with Crippen molar-refractivity contribution >= 4 is 39.5 Å². The first-order valence-corrected chi connectivity index (χ1v) is 11.2. The molecular weight excluding hydrogens is 400 g/mol. The molecule has 150 valence electrons. The van der Waals surface area contributed by atoms with Gasteiger partial charge in [-0.2, -0.15) is 0 Å². The van der Waals surface area contributed by atoms with Crippen LogP contribution in [0.4, 0.5) is 10.8 Å². The maximum absolute atomic E-state index is 6.11. The van der Waals surface area contributed by atoms with Crippen molar-refractivity contribution in [2.24, 2.45) is 4.99 Å². The lowest BCUT2D eigenvalue weighted by Crippen LogP contribution is -2.35. The Morgan fingerprint density at radius 2 is 1.97 bits per heavy atom. The van der Waals surface area contributed by atoms with Crippen molar-refractivity contribution in [1.29, 1.82) is 0 Å². The van der Waals surface area contributed by atoms with Crippen molar-refractivity contribution in [3.63, 3.8) is 0 Å². The fraction of sp³-hybridized carbons (Fsp3) is 0.286. The van der Waals surface area contributed by atoms with E-state index in [4.69, 9.17) is 12.2 Å². The molecule has 0 saturated carbocycles. The number of terminal acetylenes is 1. The van der Waals surface area contributed by atoms with Gasteiger partial charge in [-0.05, 0) is 24.6 Å². The van der Waals surface area contributed by atoms with Gasteiger partial charge in [0, 0.05) is 40.7 Å². The molecule has 1 aliphatic rings. The van der Waals surface area contributed by atoms with E-state index >= 15 is 0 Å². The number of guanidine groups is 1. The van der Waals surface area contributed by atoms with Crippen LogP contribution in [0, 0.1) is 12.3 Å². The van der Waals surface area contributed by atoms with Crippen molar-refractivity contribution < 1.29 is 0 Å². The minimum Gasteiger partial charge on any atom is -0.398 e. The fourth-order valence-corrected chi connectivity index (χ4v) is 4.09. The third-order valence-corrected chi connectivity index (χ3v) is 5.48. The van der Waals surface area contributed by atoms with Gasteiger partial charge in [0.25, 0.3) is 0 Å². The number of nitrogens with zero attached hydrogens (tertiary/aromatic N) is 3. The van der Waals surface area contributed by atoms with E-state index in [0.717, 1.165) is 58.1 Å². The van der Waals surface area contributed by atoms with Crippen LogP contribution >= 0.6 is 22.7 Å². The summed E-state index contributed by atoms with van der Waals surface area (Å²) < 4.78 is 0. The summed E-state index contributed by atoms with van der Waals surface area (Å²) in [5, 5.41) is 12.0. The molecule has 0 atom stereocenters. The van der Waals surface area contributed by atoms with Gasteiger partial charge >= 0.3 is 0 Å². The summed E-state index contributed by atoms with van der Waals surface area (Å²) in [5.74, 6) is 3.36. The van der Waals surface area contributed by atoms with Crippen LogP contribution in [0.2, 0.25) is 0 Å². The summed E-state index contributed by atoms with van der Waals surface area (Å²) in [5.41, 5.74) is 10.0. The first-order chi connectivity index (χ1) is 14.1. The number of nitrogen functional groups attached to an aromatic ring is 1. The van der Waals surface area contributed by atoms with Gasteiger partial charge in [0.15, 0.2) is 11.1 Å². The smallest absolute Gasteiger partial charge is 0.197 e. The number of benzene rings is 1. The Morgan fingerprint density at radius 1 is 1.21 bits per heavy atom. The number of anilines is 2. The monoisotopic (exact) mass is 424 g/mol. The maximum Gasteiger partial charge on any atom is 0.197 e. The normalized spacial score (nSPS) is 12.8. The number of hydrogen-bond acceptors (Lipinski definition) is 8. The Kier molecular flexibility index (Phi) is 7.22. The molecule has 0 radical (unpaired) electrons. The van der Waals surface area contributed by atoms with Gasteiger partial charge in [-0.15, -0.1) is 29.1 Å². The summed E-state index contributed by atoms with van der Waals surface area (Å²) in [4.78, 5) is 13.7. The van der Waals surface area contributed by atoms with Crippen LogP contribution in [0.15, 0.2) is 34.0 Å². The molecule has 29 heavy (non-hydrogen) atoms. The van der Waals surface area contributed by atoms with Crippen LogP contribution in [0.5, 0.6) is 0 Å². The highest BCUT2D eigenvalue weighted by molar-refractivity contribution is 7.14. The largest absolute Gasteiger partial charge is 0.398 e. The molecule has 4 rings (SSSR count). The molecule has 3 aromatic rings. The highest BCUT2D eigenvalue weighted by Crippen LogP contribution is 2.33. The molecule has 1 aliphatic heterocycles. The second-order valence-corrected chi connectivity index (χ2v) is 8.08. The number of hydrogen-bond donors (Lipinski definition) is 3.